The van der Waals surface area contributed by atoms with E-state index in [-0.39, 0.29) is 5.91 Å². The van der Waals surface area contributed by atoms with E-state index >= 15 is 0 Å². The lowest BCUT2D eigenvalue weighted by molar-refractivity contribution is -0.122. The molecule has 2 fully saturated rings. The van der Waals surface area contributed by atoms with Crippen LogP contribution in [0.2, 0.25) is 0 Å². The van der Waals surface area contributed by atoms with Crippen LogP contribution in [0, 0.1) is 5.41 Å². The summed E-state index contributed by atoms with van der Waals surface area (Å²) in [6.45, 7) is 4.95. The van der Waals surface area contributed by atoms with Crippen LogP contribution in [-0.2, 0) is 11.3 Å². The van der Waals surface area contributed by atoms with Crippen LogP contribution >= 0.6 is 0 Å². The molecular formula is C15H24N4O. The summed E-state index contributed by atoms with van der Waals surface area (Å²) >= 11 is 0. The number of carbonyl (C=O) groups excluding carboxylic acids is 1. The Balaban J connectivity index is 1.50. The van der Waals surface area contributed by atoms with Crippen molar-refractivity contribution in [2.75, 3.05) is 5.32 Å². The molecule has 1 unspecified atom stereocenters. The third kappa shape index (κ3) is 3.52. The first-order chi connectivity index (χ1) is 9.50. The average molecular weight is 276 g/mol. The number of amides is 1. The number of hydrogen-bond acceptors (Lipinski definition) is 3. The Kier molecular flexibility index (Phi) is 3.44. The van der Waals surface area contributed by atoms with Crippen molar-refractivity contribution < 1.29 is 4.79 Å². The first-order valence-corrected chi connectivity index (χ1v) is 7.59. The van der Waals surface area contributed by atoms with Gasteiger partial charge in [0.2, 0.25) is 5.91 Å². The Labute approximate surface area is 120 Å². The predicted octanol–water partition coefficient (Wildman–Crippen LogP) is 2.15. The number of anilines is 1. The van der Waals surface area contributed by atoms with Crippen molar-refractivity contribution in [2.45, 2.75) is 64.6 Å². The topological polar surface area (TPSA) is 59.0 Å². The van der Waals surface area contributed by atoms with Gasteiger partial charge < -0.3 is 10.6 Å². The molecule has 5 nitrogen and oxygen atoms in total. The van der Waals surface area contributed by atoms with E-state index in [9.17, 15) is 4.79 Å². The van der Waals surface area contributed by atoms with Crippen molar-refractivity contribution in [3.8, 4) is 0 Å². The molecule has 5 heteroatoms. The zero-order valence-corrected chi connectivity index (χ0v) is 12.4. The van der Waals surface area contributed by atoms with Crippen molar-refractivity contribution >= 4 is 11.6 Å². The maximum absolute atomic E-state index is 11.7. The Hall–Kier alpha value is -1.52. The molecule has 1 aromatic heterocycles. The van der Waals surface area contributed by atoms with E-state index in [1.54, 1.807) is 4.68 Å². The summed E-state index contributed by atoms with van der Waals surface area (Å²) in [6, 6.07) is 0.944. The quantitative estimate of drug-likeness (QED) is 0.866. The van der Waals surface area contributed by atoms with E-state index in [0.29, 0.717) is 24.0 Å². The Morgan fingerprint density at radius 2 is 2.20 bits per heavy atom. The van der Waals surface area contributed by atoms with Crippen molar-refractivity contribution in [1.29, 1.82) is 0 Å². The van der Waals surface area contributed by atoms with Gasteiger partial charge in [-0.3, -0.25) is 9.48 Å². The molecule has 2 aliphatic carbocycles. The van der Waals surface area contributed by atoms with Crippen molar-refractivity contribution in [1.82, 2.24) is 15.1 Å². The lowest BCUT2D eigenvalue weighted by atomic mass is 9.92. The highest BCUT2D eigenvalue weighted by Crippen LogP contribution is 2.38. The van der Waals surface area contributed by atoms with Crippen LogP contribution in [-0.4, -0.2) is 27.8 Å². The lowest BCUT2D eigenvalue weighted by Crippen LogP contribution is -2.29. The minimum absolute atomic E-state index is 0.0594. The van der Waals surface area contributed by atoms with E-state index in [2.05, 4.69) is 29.6 Å². The number of nitrogens with one attached hydrogen (secondary N) is 2. The molecule has 1 amide bonds. The van der Waals surface area contributed by atoms with Gasteiger partial charge in [-0.2, -0.15) is 5.10 Å². The summed E-state index contributed by atoms with van der Waals surface area (Å²) in [5.74, 6) is 0.0594. The van der Waals surface area contributed by atoms with Gasteiger partial charge in [0, 0.05) is 18.3 Å². The molecule has 0 bridgehead atoms. The lowest BCUT2D eigenvalue weighted by Gasteiger charge is -2.17. The molecule has 0 saturated heterocycles. The van der Waals surface area contributed by atoms with Gasteiger partial charge in [0.05, 0.1) is 11.9 Å². The highest BCUT2D eigenvalue weighted by Gasteiger charge is 2.30. The molecule has 20 heavy (non-hydrogen) atoms. The zero-order valence-electron chi connectivity index (χ0n) is 12.4. The molecule has 3 rings (SSSR count). The highest BCUT2D eigenvalue weighted by atomic mass is 16.2. The summed E-state index contributed by atoms with van der Waals surface area (Å²) < 4.78 is 1.71. The van der Waals surface area contributed by atoms with Crippen molar-refractivity contribution in [3.05, 3.63) is 12.4 Å². The molecule has 2 saturated carbocycles. The van der Waals surface area contributed by atoms with Gasteiger partial charge >= 0.3 is 0 Å². The smallest absolute Gasteiger partial charge is 0.241 e. The SMILES string of the molecule is CC1(C)CCC(Nc2cnn(CC(=O)NC3CC3)c2)C1. The largest absolute Gasteiger partial charge is 0.380 e. The number of rotatable bonds is 5. The number of carbonyl (C=O) groups is 1. The van der Waals surface area contributed by atoms with E-state index in [4.69, 9.17) is 0 Å². The molecular weight excluding hydrogens is 252 g/mol. The fourth-order valence-electron chi connectivity index (χ4n) is 2.97. The first-order valence-electron chi connectivity index (χ1n) is 7.59. The summed E-state index contributed by atoms with van der Waals surface area (Å²) in [5.41, 5.74) is 1.46. The normalized spacial score (nSPS) is 24.6. The summed E-state index contributed by atoms with van der Waals surface area (Å²) in [6.07, 6.45) is 9.65. The molecule has 1 heterocycles. The van der Waals surface area contributed by atoms with Crippen LogP contribution < -0.4 is 10.6 Å². The second-order valence-corrected chi connectivity index (χ2v) is 7.02. The van der Waals surface area contributed by atoms with Crippen LogP contribution in [0.3, 0.4) is 0 Å². The van der Waals surface area contributed by atoms with Gasteiger partial charge in [-0.05, 0) is 37.5 Å². The van der Waals surface area contributed by atoms with E-state index in [0.717, 1.165) is 18.5 Å². The second kappa shape index (κ2) is 5.11. The third-order valence-electron chi connectivity index (χ3n) is 4.22. The number of aromatic nitrogens is 2. The Bertz CT molecular complexity index is 490. The van der Waals surface area contributed by atoms with Crippen LogP contribution in [0.25, 0.3) is 0 Å². The molecule has 0 spiro atoms. The fraction of sp³-hybridized carbons (Fsp3) is 0.733. The molecule has 0 radical (unpaired) electrons. The minimum Gasteiger partial charge on any atom is -0.380 e. The standard InChI is InChI=1S/C15H24N4O/c1-15(2)6-5-12(7-15)17-13-8-16-19(9-13)10-14(20)18-11-3-4-11/h8-9,11-12,17H,3-7,10H2,1-2H3,(H,18,20). The second-order valence-electron chi connectivity index (χ2n) is 7.02. The summed E-state index contributed by atoms with van der Waals surface area (Å²) in [7, 11) is 0. The summed E-state index contributed by atoms with van der Waals surface area (Å²) in [4.78, 5) is 11.7. The monoisotopic (exact) mass is 276 g/mol. The van der Waals surface area contributed by atoms with Crippen LogP contribution in [0.4, 0.5) is 5.69 Å². The van der Waals surface area contributed by atoms with Gasteiger partial charge in [-0.15, -0.1) is 0 Å². The molecule has 2 aliphatic rings. The predicted molar refractivity (Wildman–Crippen MR) is 78.4 cm³/mol. The maximum atomic E-state index is 11.7. The van der Waals surface area contributed by atoms with Crippen molar-refractivity contribution in [2.24, 2.45) is 5.41 Å². The average Bonchev–Trinajstić information content (AvgIpc) is 2.95. The first kappa shape index (κ1) is 13.5. The van der Waals surface area contributed by atoms with Gasteiger partial charge in [-0.25, -0.2) is 0 Å². The zero-order chi connectivity index (χ0) is 14.2. The van der Waals surface area contributed by atoms with Crippen LogP contribution in [0.15, 0.2) is 12.4 Å². The molecule has 2 N–H and O–H groups in total. The van der Waals surface area contributed by atoms with Crippen LogP contribution in [0.5, 0.6) is 0 Å². The summed E-state index contributed by atoms with van der Waals surface area (Å²) in [5, 5.41) is 10.8. The van der Waals surface area contributed by atoms with Gasteiger partial charge in [-0.1, -0.05) is 13.8 Å². The molecule has 110 valence electrons. The van der Waals surface area contributed by atoms with Crippen molar-refractivity contribution in [3.63, 3.8) is 0 Å². The fourth-order valence-corrected chi connectivity index (χ4v) is 2.97. The Morgan fingerprint density at radius 3 is 2.85 bits per heavy atom. The van der Waals surface area contributed by atoms with Gasteiger partial charge in [0.15, 0.2) is 0 Å². The third-order valence-corrected chi connectivity index (χ3v) is 4.22. The molecule has 0 aliphatic heterocycles. The van der Waals surface area contributed by atoms with E-state index in [1.807, 2.05) is 12.4 Å². The highest BCUT2D eigenvalue weighted by molar-refractivity contribution is 5.76. The number of nitrogens with zero attached hydrogens (tertiary/aromatic N) is 2. The van der Waals surface area contributed by atoms with E-state index < -0.39 is 0 Å². The van der Waals surface area contributed by atoms with Gasteiger partial charge in [0.1, 0.15) is 6.54 Å². The molecule has 1 atom stereocenters. The maximum Gasteiger partial charge on any atom is 0.241 e. The Morgan fingerprint density at radius 1 is 1.40 bits per heavy atom. The molecule has 0 aromatic carbocycles. The minimum atomic E-state index is 0.0594. The molecule has 1 aromatic rings. The van der Waals surface area contributed by atoms with Crippen LogP contribution in [0.1, 0.15) is 46.0 Å². The number of hydrogen-bond donors (Lipinski definition) is 2. The van der Waals surface area contributed by atoms with E-state index in [1.165, 1.54) is 19.3 Å². The van der Waals surface area contributed by atoms with Gasteiger partial charge in [0.25, 0.3) is 0 Å².